The standard InChI is InChI=1S/C15H12BrN3O2/c1-21-11-4-2-10(3-5-11)19-15(20)12-6-9(8-17)7-13(16)14(12)18/h2-7H,18H2,1H3,(H,19,20). The number of nitriles is 1. The summed E-state index contributed by atoms with van der Waals surface area (Å²) in [6.45, 7) is 0. The second-order valence-electron chi connectivity index (χ2n) is 4.21. The molecule has 0 saturated heterocycles. The summed E-state index contributed by atoms with van der Waals surface area (Å²) in [4.78, 5) is 12.3. The first-order valence-corrected chi connectivity index (χ1v) is 6.79. The van der Waals surface area contributed by atoms with Crippen molar-refractivity contribution >= 4 is 33.2 Å². The lowest BCUT2D eigenvalue weighted by Crippen LogP contribution is -2.14. The van der Waals surface area contributed by atoms with E-state index < -0.39 is 0 Å². The van der Waals surface area contributed by atoms with Gasteiger partial charge in [0.05, 0.1) is 30.0 Å². The van der Waals surface area contributed by atoms with Crippen molar-refractivity contribution in [3.05, 3.63) is 52.0 Å². The Balaban J connectivity index is 2.27. The zero-order chi connectivity index (χ0) is 15.4. The molecule has 0 saturated carbocycles. The molecular formula is C15H12BrN3O2. The molecule has 2 rings (SSSR count). The molecule has 2 aromatic carbocycles. The molecule has 3 N–H and O–H groups in total. The van der Waals surface area contributed by atoms with Crippen LogP contribution in [0.2, 0.25) is 0 Å². The number of ether oxygens (including phenoxy) is 1. The molecule has 0 aliphatic carbocycles. The van der Waals surface area contributed by atoms with Gasteiger partial charge in [-0.15, -0.1) is 0 Å². The third-order valence-corrected chi connectivity index (χ3v) is 3.51. The van der Waals surface area contributed by atoms with Gasteiger partial charge < -0.3 is 15.8 Å². The molecule has 0 aliphatic heterocycles. The molecule has 0 unspecified atom stereocenters. The third kappa shape index (κ3) is 3.33. The minimum Gasteiger partial charge on any atom is -0.497 e. The van der Waals surface area contributed by atoms with E-state index >= 15 is 0 Å². The highest BCUT2D eigenvalue weighted by molar-refractivity contribution is 9.10. The highest BCUT2D eigenvalue weighted by Gasteiger charge is 2.14. The average molecular weight is 346 g/mol. The van der Waals surface area contributed by atoms with Crippen molar-refractivity contribution in [3.63, 3.8) is 0 Å². The number of nitrogens with zero attached hydrogens (tertiary/aromatic N) is 1. The van der Waals surface area contributed by atoms with Crippen LogP contribution in [0.15, 0.2) is 40.9 Å². The van der Waals surface area contributed by atoms with Gasteiger partial charge in [-0.05, 0) is 52.3 Å². The number of carbonyl (C=O) groups is 1. The van der Waals surface area contributed by atoms with E-state index in [1.165, 1.54) is 6.07 Å². The largest absolute Gasteiger partial charge is 0.497 e. The summed E-state index contributed by atoms with van der Waals surface area (Å²) in [5.41, 5.74) is 7.38. The van der Waals surface area contributed by atoms with E-state index in [2.05, 4.69) is 21.2 Å². The van der Waals surface area contributed by atoms with Crippen LogP contribution in [0.3, 0.4) is 0 Å². The van der Waals surface area contributed by atoms with E-state index in [9.17, 15) is 4.79 Å². The second kappa shape index (κ2) is 6.29. The topological polar surface area (TPSA) is 88.1 Å². The van der Waals surface area contributed by atoms with Crippen molar-refractivity contribution in [1.82, 2.24) is 0 Å². The van der Waals surface area contributed by atoms with Crippen LogP contribution in [0, 0.1) is 11.3 Å². The van der Waals surface area contributed by atoms with Gasteiger partial charge in [0.25, 0.3) is 5.91 Å². The Morgan fingerprint density at radius 3 is 2.57 bits per heavy atom. The van der Waals surface area contributed by atoms with E-state index in [-0.39, 0.29) is 11.5 Å². The van der Waals surface area contributed by atoms with Crippen molar-refractivity contribution < 1.29 is 9.53 Å². The maximum absolute atomic E-state index is 12.3. The number of rotatable bonds is 3. The highest BCUT2D eigenvalue weighted by Crippen LogP contribution is 2.26. The van der Waals surface area contributed by atoms with Crippen molar-refractivity contribution in [1.29, 1.82) is 5.26 Å². The molecule has 0 heterocycles. The van der Waals surface area contributed by atoms with Crippen molar-refractivity contribution in [2.24, 2.45) is 0 Å². The Hall–Kier alpha value is -2.52. The van der Waals surface area contributed by atoms with Crippen LogP contribution in [0.5, 0.6) is 5.75 Å². The SMILES string of the molecule is COc1ccc(NC(=O)c2cc(C#N)cc(Br)c2N)cc1. The van der Waals surface area contributed by atoms with E-state index in [1.807, 2.05) is 6.07 Å². The molecule has 5 nitrogen and oxygen atoms in total. The summed E-state index contributed by atoms with van der Waals surface area (Å²) in [5.74, 6) is 0.317. The van der Waals surface area contributed by atoms with Gasteiger partial charge in [0.1, 0.15) is 5.75 Å². The Morgan fingerprint density at radius 2 is 2.00 bits per heavy atom. The van der Waals surface area contributed by atoms with Gasteiger partial charge in [0.2, 0.25) is 0 Å². The minimum absolute atomic E-state index is 0.247. The number of nitrogens with two attached hydrogens (primary N) is 1. The van der Waals surface area contributed by atoms with Crippen LogP contribution in [-0.2, 0) is 0 Å². The number of amides is 1. The van der Waals surface area contributed by atoms with Gasteiger partial charge >= 0.3 is 0 Å². The predicted molar refractivity (Wildman–Crippen MR) is 84.2 cm³/mol. The van der Waals surface area contributed by atoms with Gasteiger partial charge in [-0.1, -0.05) is 0 Å². The van der Waals surface area contributed by atoms with Gasteiger partial charge in [-0.25, -0.2) is 0 Å². The number of halogens is 1. The molecule has 0 spiro atoms. The normalized spacial score (nSPS) is 9.76. The number of methoxy groups -OCH3 is 1. The Morgan fingerprint density at radius 1 is 1.33 bits per heavy atom. The minimum atomic E-state index is -0.379. The number of carbonyl (C=O) groups excluding carboxylic acids is 1. The molecule has 2 aromatic rings. The van der Waals surface area contributed by atoms with Crippen LogP contribution in [-0.4, -0.2) is 13.0 Å². The number of nitrogens with one attached hydrogen (secondary N) is 1. The lowest BCUT2D eigenvalue weighted by atomic mass is 10.1. The van der Waals surface area contributed by atoms with Crippen LogP contribution in [0.4, 0.5) is 11.4 Å². The molecule has 0 aromatic heterocycles. The van der Waals surface area contributed by atoms with Gasteiger partial charge in [-0.2, -0.15) is 5.26 Å². The molecule has 0 atom stereocenters. The summed E-state index contributed by atoms with van der Waals surface area (Å²) >= 11 is 3.24. The molecule has 0 bridgehead atoms. The first-order valence-electron chi connectivity index (χ1n) is 5.99. The number of anilines is 2. The molecular weight excluding hydrogens is 334 g/mol. The monoisotopic (exact) mass is 345 g/mol. The fourth-order valence-electron chi connectivity index (χ4n) is 1.74. The zero-order valence-corrected chi connectivity index (χ0v) is 12.8. The summed E-state index contributed by atoms with van der Waals surface area (Å²) < 4.78 is 5.56. The molecule has 0 fully saturated rings. The van der Waals surface area contributed by atoms with Crippen molar-refractivity contribution in [2.75, 3.05) is 18.2 Å². The van der Waals surface area contributed by atoms with E-state index in [1.54, 1.807) is 37.4 Å². The maximum atomic E-state index is 12.3. The summed E-state index contributed by atoms with van der Waals surface area (Å²) in [6, 6.07) is 11.9. The molecule has 106 valence electrons. The van der Waals surface area contributed by atoms with Gasteiger partial charge in [-0.3, -0.25) is 4.79 Å². The number of hydrogen-bond donors (Lipinski definition) is 2. The second-order valence-corrected chi connectivity index (χ2v) is 5.07. The van der Waals surface area contributed by atoms with Crippen molar-refractivity contribution in [3.8, 4) is 11.8 Å². The van der Waals surface area contributed by atoms with Crippen LogP contribution in [0.1, 0.15) is 15.9 Å². The van der Waals surface area contributed by atoms with Crippen molar-refractivity contribution in [2.45, 2.75) is 0 Å². The number of benzene rings is 2. The van der Waals surface area contributed by atoms with E-state index in [0.29, 0.717) is 27.2 Å². The van der Waals surface area contributed by atoms with Crippen LogP contribution < -0.4 is 15.8 Å². The molecule has 6 heteroatoms. The number of hydrogen-bond acceptors (Lipinski definition) is 4. The van der Waals surface area contributed by atoms with E-state index in [4.69, 9.17) is 15.7 Å². The smallest absolute Gasteiger partial charge is 0.257 e. The summed E-state index contributed by atoms with van der Waals surface area (Å²) in [7, 11) is 1.57. The lowest BCUT2D eigenvalue weighted by Gasteiger charge is -2.10. The Bertz CT molecular complexity index is 721. The first-order chi connectivity index (χ1) is 10.0. The Kier molecular flexibility index (Phi) is 4.45. The first kappa shape index (κ1) is 14.9. The van der Waals surface area contributed by atoms with E-state index in [0.717, 1.165) is 0 Å². The molecule has 1 amide bonds. The average Bonchev–Trinajstić information content (AvgIpc) is 2.50. The summed E-state index contributed by atoms with van der Waals surface area (Å²) in [5, 5.41) is 11.7. The van der Waals surface area contributed by atoms with Crippen LogP contribution >= 0.6 is 15.9 Å². The molecule has 21 heavy (non-hydrogen) atoms. The zero-order valence-electron chi connectivity index (χ0n) is 11.2. The fraction of sp³-hybridized carbons (Fsp3) is 0.0667. The summed E-state index contributed by atoms with van der Waals surface area (Å²) in [6.07, 6.45) is 0. The lowest BCUT2D eigenvalue weighted by molar-refractivity contribution is 0.102. The van der Waals surface area contributed by atoms with Gasteiger partial charge in [0.15, 0.2) is 0 Å². The molecule has 0 aliphatic rings. The van der Waals surface area contributed by atoms with Gasteiger partial charge in [0, 0.05) is 10.2 Å². The quantitative estimate of drug-likeness (QED) is 0.836. The van der Waals surface area contributed by atoms with Crippen LogP contribution in [0.25, 0.3) is 0 Å². The Labute approximate surface area is 130 Å². The highest BCUT2D eigenvalue weighted by atomic mass is 79.9. The number of nitrogen functional groups attached to an aromatic ring is 1. The third-order valence-electron chi connectivity index (χ3n) is 2.85. The predicted octanol–water partition coefficient (Wildman–Crippen LogP) is 3.16. The molecule has 0 radical (unpaired) electrons. The maximum Gasteiger partial charge on any atom is 0.257 e. The fourth-order valence-corrected chi connectivity index (χ4v) is 2.20.